The number of benzene rings is 1. The minimum absolute atomic E-state index is 0.0779. The average Bonchev–Trinajstić information content (AvgIpc) is 2.36. The van der Waals surface area contributed by atoms with Crippen LogP contribution in [0.25, 0.3) is 0 Å². The van der Waals surface area contributed by atoms with Crippen LogP contribution in [0.4, 0.5) is 10.2 Å². The van der Waals surface area contributed by atoms with Crippen molar-refractivity contribution >= 4 is 21.7 Å². The second-order valence-electron chi connectivity index (χ2n) is 3.47. The van der Waals surface area contributed by atoms with Crippen molar-refractivity contribution in [3.05, 3.63) is 40.4 Å². The van der Waals surface area contributed by atoms with Crippen molar-refractivity contribution in [2.24, 2.45) is 5.84 Å². The molecule has 0 fully saturated rings. The molecule has 0 aliphatic carbocycles. The van der Waals surface area contributed by atoms with Gasteiger partial charge in [0.15, 0.2) is 11.6 Å². The lowest BCUT2D eigenvalue weighted by Gasteiger charge is -2.10. The van der Waals surface area contributed by atoms with Crippen LogP contribution < -0.4 is 16.0 Å². The highest BCUT2D eigenvalue weighted by molar-refractivity contribution is 9.10. The van der Waals surface area contributed by atoms with E-state index < -0.39 is 5.82 Å². The molecule has 1 heterocycles. The smallest absolute Gasteiger partial charge is 0.227 e. The van der Waals surface area contributed by atoms with Crippen LogP contribution in [-0.2, 0) is 0 Å². The molecule has 0 amide bonds. The van der Waals surface area contributed by atoms with Gasteiger partial charge in [-0.3, -0.25) is 0 Å². The van der Waals surface area contributed by atoms with Gasteiger partial charge >= 0.3 is 0 Å². The zero-order chi connectivity index (χ0) is 13.1. The maximum atomic E-state index is 13.5. The van der Waals surface area contributed by atoms with Crippen LogP contribution in [0.5, 0.6) is 11.6 Å². The monoisotopic (exact) mass is 312 g/mol. The Bertz CT molecular complexity index is 579. The molecule has 3 N–H and O–H groups in total. The highest BCUT2D eigenvalue weighted by Gasteiger charge is 2.11. The molecule has 5 nitrogen and oxygen atoms in total. The van der Waals surface area contributed by atoms with Crippen LogP contribution in [0.3, 0.4) is 0 Å². The van der Waals surface area contributed by atoms with Gasteiger partial charge in [-0.2, -0.15) is 0 Å². The number of hydrazine groups is 1. The molecule has 0 spiro atoms. The first-order valence-corrected chi connectivity index (χ1v) is 5.82. The predicted octanol–water partition coefficient (Wildman–Crippen LogP) is 2.76. The Hall–Kier alpha value is -1.73. The summed E-state index contributed by atoms with van der Waals surface area (Å²) in [7, 11) is 0. The fourth-order valence-corrected chi connectivity index (χ4v) is 1.68. The van der Waals surface area contributed by atoms with Crippen molar-refractivity contribution < 1.29 is 9.13 Å². The number of nitrogens with two attached hydrogens (primary N) is 1. The van der Waals surface area contributed by atoms with Gasteiger partial charge in [-0.1, -0.05) is 15.9 Å². The van der Waals surface area contributed by atoms with Crippen LogP contribution in [0.15, 0.2) is 29.0 Å². The van der Waals surface area contributed by atoms with E-state index in [0.717, 1.165) is 0 Å². The van der Waals surface area contributed by atoms with Gasteiger partial charge in [0.1, 0.15) is 12.1 Å². The van der Waals surface area contributed by atoms with E-state index in [2.05, 4.69) is 31.3 Å². The number of anilines is 1. The molecule has 0 unspecified atom stereocenters. The summed E-state index contributed by atoms with van der Waals surface area (Å²) in [5.41, 5.74) is 3.01. The number of ether oxygens (including phenoxy) is 1. The second kappa shape index (κ2) is 5.28. The maximum Gasteiger partial charge on any atom is 0.227 e. The lowest BCUT2D eigenvalue weighted by molar-refractivity contribution is 0.423. The maximum absolute atomic E-state index is 13.5. The van der Waals surface area contributed by atoms with Crippen molar-refractivity contribution in [3.63, 3.8) is 0 Å². The number of rotatable bonds is 3. The molecule has 0 aliphatic heterocycles. The standard InChI is InChI=1S/C11H10BrFN4O/c1-6-10(17-14)15-5-16-11(6)18-9-4-7(12)2-3-8(9)13/h2-5H,14H2,1H3,(H,15,16,17). The summed E-state index contributed by atoms with van der Waals surface area (Å²) < 4.78 is 19.7. The Morgan fingerprint density at radius 1 is 1.39 bits per heavy atom. The summed E-state index contributed by atoms with van der Waals surface area (Å²) >= 11 is 3.24. The number of hydrogen-bond donors (Lipinski definition) is 2. The Labute approximate surface area is 111 Å². The fraction of sp³-hybridized carbons (Fsp3) is 0.0909. The molecule has 0 aliphatic rings. The third kappa shape index (κ3) is 2.57. The van der Waals surface area contributed by atoms with Crippen LogP contribution in [-0.4, -0.2) is 9.97 Å². The van der Waals surface area contributed by atoms with Crippen molar-refractivity contribution in [3.8, 4) is 11.6 Å². The van der Waals surface area contributed by atoms with E-state index >= 15 is 0 Å². The van der Waals surface area contributed by atoms with Gasteiger partial charge < -0.3 is 10.2 Å². The average molecular weight is 313 g/mol. The minimum atomic E-state index is -0.474. The van der Waals surface area contributed by atoms with E-state index in [-0.39, 0.29) is 11.6 Å². The van der Waals surface area contributed by atoms with Gasteiger partial charge in [0.2, 0.25) is 5.88 Å². The molecule has 18 heavy (non-hydrogen) atoms. The van der Waals surface area contributed by atoms with E-state index in [9.17, 15) is 4.39 Å². The van der Waals surface area contributed by atoms with Crippen LogP contribution >= 0.6 is 15.9 Å². The molecule has 1 aromatic carbocycles. The topological polar surface area (TPSA) is 73.1 Å². The van der Waals surface area contributed by atoms with E-state index in [4.69, 9.17) is 10.6 Å². The zero-order valence-corrected chi connectivity index (χ0v) is 11.0. The number of aromatic nitrogens is 2. The van der Waals surface area contributed by atoms with Gasteiger partial charge in [0.05, 0.1) is 5.56 Å². The van der Waals surface area contributed by atoms with E-state index in [1.54, 1.807) is 13.0 Å². The molecular weight excluding hydrogens is 303 g/mol. The summed E-state index contributed by atoms with van der Waals surface area (Å²) in [6.07, 6.45) is 1.29. The highest BCUT2D eigenvalue weighted by atomic mass is 79.9. The molecule has 2 rings (SSSR count). The van der Waals surface area contributed by atoms with E-state index in [0.29, 0.717) is 15.9 Å². The largest absolute Gasteiger partial charge is 0.435 e. The van der Waals surface area contributed by atoms with Crippen LogP contribution in [0, 0.1) is 12.7 Å². The normalized spacial score (nSPS) is 10.2. The number of halogens is 2. The molecule has 0 saturated heterocycles. The molecule has 0 saturated carbocycles. The number of hydrogen-bond acceptors (Lipinski definition) is 5. The third-order valence-electron chi connectivity index (χ3n) is 2.27. The summed E-state index contributed by atoms with van der Waals surface area (Å²) in [5.74, 6) is 5.57. The quantitative estimate of drug-likeness (QED) is 0.673. The molecule has 7 heteroatoms. The first-order chi connectivity index (χ1) is 8.61. The Balaban J connectivity index is 2.37. The van der Waals surface area contributed by atoms with Crippen molar-refractivity contribution in [2.45, 2.75) is 6.92 Å². The first kappa shape index (κ1) is 12.7. The fourth-order valence-electron chi connectivity index (χ4n) is 1.34. The molecule has 94 valence electrons. The minimum Gasteiger partial charge on any atom is -0.435 e. The number of nitrogens with zero attached hydrogens (tertiary/aromatic N) is 2. The third-order valence-corrected chi connectivity index (χ3v) is 2.77. The molecule has 0 bridgehead atoms. The first-order valence-electron chi connectivity index (χ1n) is 5.03. The van der Waals surface area contributed by atoms with Crippen molar-refractivity contribution in [1.29, 1.82) is 0 Å². The van der Waals surface area contributed by atoms with Gasteiger partial charge in [-0.25, -0.2) is 20.2 Å². The molecule has 2 aromatic rings. The van der Waals surface area contributed by atoms with Gasteiger partial charge in [-0.15, -0.1) is 0 Å². The lowest BCUT2D eigenvalue weighted by Crippen LogP contribution is -2.11. The number of nitrogens with one attached hydrogen (secondary N) is 1. The summed E-state index contributed by atoms with van der Waals surface area (Å²) in [6.45, 7) is 1.72. The SMILES string of the molecule is Cc1c(NN)ncnc1Oc1cc(Br)ccc1F. The molecule has 0 radical (unpaired) electrons. The van der Waals surface area contributed by atoms with E-state index in [1.165, 1.54) is 18.5 Å². The van der Waals surface area contributed by atoms with Gasteiger partial charge in [0.25, 0.3) is 0 Å². The van der Waals surface area contributed by atoms with Crippen molar-refractivity contribution in [1.82, 2.24) is 9.97 Å². The van der Waals surface area contributed by atoms with E-state index in [1.807, 2.05) is 0 Å². The van der Waals surface area contributed by atoms with Crippen LogP contribution in [0.2, 0.25) is 0 Å². The number of nitrogen functional groups attached to an aromatic ring is 1. The lowest BCUT2D eigenvalue weighted by atomic mass is 10.3. The predicted molar refractivity (Wildman–Crippen MR) is 68.8 cm³/mol. The Kier molecular flexibility index (Phi) is 3.73. The van der Waals surface area contributed by atoms with Crippen molar-refractivity contribution in [2.75, 3.05) is 5.43 Å². The Morgan fingerprint density at radius 3 is 2.89 bits per heavy atom. The highest BCUT2D eigenvalue weighted by Crippen LogP contribution is 2.29. The molecule has 1 aromatic heterocycles. The summed E-state index contributed by atoms with van der Waals surface area (Å²) in [6, 6.07) is 4.41. The van der Waals surface area contributed by atoms with Crippen LogP contribution in [0.1, 0.15) is 5.56 Å². The Morgan fingerprint density at radius 2 is 2.17 bits per heavy atom. The molecular formula is C11H10BrFN4O. The molecule has 0 atom stereocenters. The van der Waals surface area contributed by atoms with Gasteiger partial charge in [0, 0.05) is 4.47 Å². The summed E-state index contributed by atoms with van der Waals surface area (Å²) in [5, 5.41) is 0. The zero-order valence-electron chi connectivity index (χ0n) is 9.45. The summed E-state index contributed by atoms with van der Waals surface area (Å²) in [4.78, 5) is 7.85. The van der Waals surface area contributed by atoms with Gasteiger partial charge in [-0.05, 0) is 25.1 Å². The second-order valence-corrected chi connectivity index (χ2v) is 4.39.